The minimum atomic E-state index is -0.278. The van der Waals surface area contributed by atoms with Gasteiger partial charge in [-0.25, -0.2) is 5.43 Å². The Hall–Kier alpha value is -2.24. The second-order valence-corrected chi connectivity index (χ2v) is 6.04. The first-order valence-electron chi connectivity index (χ1n) is 7.83. The molecule has 0 unspecified atom stereocenters. The third kappa shape index (κ3) is 2.98. The molecule has 2 saturated carbocycles. The number of rotatable bonds is 5. The van der Waals surface area contributed by atoms with Crippen LogP contribution in [0.15, 0.2) is 17.2 Å². The first kappa shape index (κ1) is 15.6. The Kier molecular flexibility index (Phi) is 4.41. The van der Waals surface area contributed by atoms with Crippen molar-refractivity contribution >= 4 is 11.6 Å². The van der Waals surface area contributed by atoms with Gasteiger partial charge in [0.05, 0.1) is 21.3 Å². The van der Waals surface area contributed by atoms with Gasteiger partial charge in [-0.1, -0.05) is 0 Å². The topological polar surface area (TPSA) is 69.2 Å². The fourth-order valence-electron chi connectivity index (χ4n) is 3.56. The van der Waals surface area contributed by atoms with Gasteiger partial charge in [-0.2, -0.15) is 5.10 Å². The number of methoxy groups -OCH3 is 3. The number of hydrogen-bond donors (Lipinski definition) is 1. The predicted octanol–water partition coefficient (Wildman–Crippen LogP) is 2.62. The van der Waals surface area contributed by atoms with Gasteiger partial charge in [-0.3, -0.25) is 4.79 Å². The molecule has 2 bridgehead atoms. The van der Waals surface area contributed by atoms with Crippen LogP contribution in [0.1, 0.15) is 36.0 Å². The van der Waals surface area contributed by atoms with E-state index in [0.29, 0.717) is 28.7 Å². The van der Waals surface area contributed by atoms with E-state index in [1.165, 1.54) is 40.6 Å². The van der Waals surface area contributed by atoms with Gasteiger partial charge in [-0.05, 0) is 49.7 Å². The van der Waals surface area contributed by atoms with Gasteiger partial charge >= 0.3 is 0 Å². The minimum absolute atomic E-state index is 0.278. The summed E-state index contributed by atoms with van der Waals surface area (Å²) in [6.45, 7) is 0. The maximum absolute atomic E-state index is 12.4. The summed E-state index contributed by atoms with van der Waals surface area (Å²) in [4.78, 5) is 12.4. The van der Waals surface area contributed by atoms with Crippen LogP contribution >= 0.6 is 0 Å². The molecule has 2 fully saturated rings. The van der Waals surface area contributed by atoms with Crippen molar-refractivity contribution < 1.29 is 19.0 Å². The van der Waals surface area contributed by atoms with Crippen LogP contribution in [0.3, 0.4) is 0 Å². The lowest BCUT2D eigenvalue weighted by atomic mass is 9.99. The van der Waals surface area contributed by atoms with Crippen molar-refractivity contribution in [2.24, 2.45) is 16.9 Å². The molecule has 0 heterocycles. The van der Waals surface area contributed by atoms with Crippen molar-refractivity contribution in [3.05, 3.63) is 17.7 Å². The summed E-state index contributed by atoms with van der Waals surface area (Å²) >= 11 is 0. The van der Waals surface area contributed by atoms with Crippen LogP contribution in [0.25, 0.3) is 0 Å². The van der Waals surface area contributed by atoms with E-state index in [2.05, 4.69) is 10.5 Å². The maximum Gasteiger partial charge on any atom is 0.271 e. The average Bonchev–Trinajstić information content (AvgIpc) is 3.21. The Morgan fingerprint density at radius 3 is 2.30 bits per heavy atom. The first-order valence-corrected chi connectivity index (χ1v) is 7.83. The Morgan fingerprint density at radius 1 is 1.13 bits per heavy atom. The van der Waals surface area contributed by atoms with E-state index in [9.17, 15) is 4.79 Å². The quantitative estimate of drug-likeness (QED) is 0.847. The van der Waals surface area contributed by atoms with E-state index in [4.69, 9.17) is 14.2 Å². The first-order chi connectivity index (χ1) is 11.2. The lowest BCUT2D eigenvalue weighted by Crippen LogP contribution is -2.22. The van der Waals surface area contributed by atoms with Crippen molar-refractivity contribution in [3.8, 4) is 17.2 Å². The number of hydrazone groups is 1. The van der Waals surface area contributed by atoms with Gasteiger partial charge in [0, 0.05) is 11.3 Å². The Labute approximate surface area is 135 Å². The molecule has 6 heteroatoms. The molecule has 2 atom stereocenters. The fraction of sp³-hybridized carbons (Fsp3) is 0.529. The molecule has 124 valence electrons. The summed E-state index contributed by atoms with van der Waals surface area (Å²) < 4.78 is 15.8. The number of nitrogens with zero attached hydrogens (tertiary/aromatic N) is 1. The number of carbonyl (C=O) groups is 1. The van der Waals surface area contributed by atoms with Crippen LogP contribution in [0, 0.1) is 11.8 Å². The number of benzene rings is 1. The molecule has 0 radical (unpaired) electrons. The lowest BCUT2D eigenvalue weighted by molar-refractivity contribution is 0.0953. The molecule has 0 spiro atoms. The van der Waals surface area contributed by atoms with Crippen LogP contribution < -0.4 is 19.6 Å². The Balaban J connectivity index is 1.78. The van der Waals surface area contributed by atoms with Crippen molar-refractivity contribution in [2.75, 3.05) is 21.3 Å². The number of amides is 1. The van der Waals surface area contributed by atoms with Gasteiger partial charge in [0.15, 0.2) is 11.5 Å². The van der Waals surface area contributed by atoms with Gasteiger partial charge in [-0.15, -0.1) is 0 Å². The van der Waals surface area contributed by atoms with E-state index in [-0.39, 0.29) is 5.91 Å². The zero-order valence-electron chi connectivity index (χ0n) is 13.7. The molecule has 0 saturated heterocycles. The van der Waals surface area contributed by atoms with E-state index in [0.717, 1.165) is 18.1 Å². The minimum Gasteiger partial charge on any atom is -0.493 e. The van der Waals surface area contributed by atoms with E-state index < -0.39 is 0 Å². The van der Waals surface area contributed by atoms with Crippen LogP contribution in [-0.2, 0) is 0 Å². The molecule has 3 rings (SSSR count). The Morgan fingerprint density at radius 2 is 1.83 bits per heavy atom. The summed E-state index contributed by atoms with van der Waals surface area (Å²) in [7, 11) is 4.57. The molecule has 1 aromatic carbocycles. The van der Waals surface area contributed by atoms with Crippen molar-refractivity contribution in [1.29, 1.82) is 0 Å². The molecule has 6 nitrogen and oxygen atoms in total. The van der Waals surface area contributed by atoms with E-state index >= 15 is 0 Å². The molecule has 2 aliphatic carbocycles. The highest BCUT2D eigenvalue weighted by molar-refractivity contribution is 5.97. The summed E-state index contributed by atoms with van der Waals surface area (Å²) in [5.41, 5.74) is 4.21. The van der Waals surface area contributed by atoms with Crippen molar-refractivity contribution in [3.63, 3.8) is 0 Å². The molecule has 2 aliphatic rings. The standard InChI is InChI=1S/C17H22N2O4/c1-21-14-8-12(9-15(22-2)16(14)23-3)17(20)19-18-13-7-10-4-5-11(13)6-10/h8-11H,4-7H2,1-3H3,(H,19,20)/b18-13+/t10-,11+/m0/s1. The highest BCUT2D eigenvalue weighted by atomic mass is 16.5. The van der Waals surface area contributed by atoms with Gasteiger partial charge in [0.2, 0.25) is 5.75 Å². The smallest absolute Gasteiger partial charge is 0.271 e. The lowest BCUT2D eigenvalue weighted by Gasteiger charge is -2.14. The maximum atomic E-state index is 12.4. The molecule has 0 aliphatic heterocycles. The summed E-state index contributed by atoms with van der Waals surface area (Å²) in [5, 5.41) is 4.34. The molecule has 23 heavy (non-hydrogen) atoms. The molecule has 1 aromatic rings. The normalized spacial score (nSPS) is 23.9. The van der Waals surface area contributed by atoms with Crippen molar-refractivity contribution in [1.82, 2.24) is 5.43 Å². The summed E-state index contributed by atoms with van der Waals surface area (Å²) in [6, 6.07) is 3.25. The van der Waals surface area contributed by atoms with Gasteiger partial charge < -0.3 is 14.2 Å². The van der Waals surface area contributed by atoms with Gasteiger partial charge in [0.25, 0.3) is 5.91 Å². The molecule has 1 amide bonds. The Bertz CT molecular complexity index is 616. The van der Waals surface area contributed by atoms with Crippen LogP contribution in [0.5, 0.6) is 17.2 Å². The highest BCUT2D eigenvalue weighted by Gasteiger charge is 2.36. The average molecular weight is 318 g/mol. The SMILES string of the molecule is COc1cc(C(=O)N/N=C2\C[C@H]3CC[C@@H]2C3)cc(OC)c1OC. The van der Waals surface area contributed by atoms with E-state index in [1.807, 2.05) is 0 Å². The van der Waals surface area contributed by atoms with Crippen LogP contribution in [-0.4, -0.2) is 32.9 Å². The predicted molar refractivity (Wildman–Crippen MR) is 86.4 cm³/mol. The second-order valence-electron chi connectivity index (χ2n) is 6.04. The fourth-order valence-corrected chi connectivity index (χ4v) is 3.56. The van der Waals surface area contributed by atoms with E-state index in [1.54, 1.807) is 12.1 Å². The molecule has 0 aromatic heterocycles. The number of ether oxygens (including phenoxy) is 3. The van der Waals surface area contributed by atoms with Gasteiger partial charge in [0.1, 0.15) is 0 Å². The zero-order valence-corrected chi connectivity index (χ0v) is 13.7. The molecule has 1 N–H and O–H groups in total. The highest BCUT2D eigenvalue weighted by Crippen LogP contribution is 2.42. The number of nitrogens with one attached hydrogen (secondary N) is 1. The number of carbonyl (C=O) groups excluding carboxylic acids is 1. The second kappa shape index (κ2) is 6.48. The molecular weight excluding hydrogens is 296 g/mol. The van der Waals surface area contributed by atoms with Crippen molar-refractivity contribution in [2.45, 2.75) is 25.7 Å². The third-order valence-electron chi connectivity index (χ3n) is 4.74. The number of hydrogen-bond acceptors (Lipinski definition) is 5. The molecular formula is C17H22N2O4. The largest absolute Gasteiger partial charge is 0.493 e. The van der Waals surface area contributed by atoms with Crippen LogP contribution in [0.4, 0.5) is 0 Å². The monoisotopic (exact) mass is 318 g/mol. The third-order valence-corrected chi connectivity index (χ3v) is 4.74. The number of fused-ring (bicyclic) bond motifs is 2. The summed E-state index contributed by atoms with van der Waals surface area (Å²) in [6.07, 6.45) is 4.73. The zero-order chi connectivity index (χ0) is 16.4. The van der Waals surface area contributed by atoms with Crippen LogP contribution in [0.2, 0.25) is 0 Å². The summed E-state index contributed by atoms with van der Waals surface area (Å²) in [5.74, 6) is 2.40.